The molecule has 0 spiro atoms. The van der Waals surface area contributed by atoms with E-state index in [4.69, 9.17) is 11.5 Å². The second-order valence-electron chi connectivity index (χ2n) is 9.16. The second kappa shape index (κ2) is 16.4. The van der Waals surface area contributed by atoms with E-state index in [-0.39, 0.29) is 30.8 Å². The van der Waals surface area contributed by atoms with Crippen LogP contribution in [0, 0.1) is 0 Å². The van der Waals surface area contributed by atoms with Crippen molar-refractivity contribution in [2.45, 2.75) is 56.3 Å². The number of nitrogens with one attached hydrogen (secondary N) is 3. The van der Waals surface area contributed by atoms with Gasteiger partial charge in [0.1, 0.15) is 23.9 Å². The molecule has 0 aliphatic carbocycles. The zero-order valence-corrected chi connectivity index (χ0v) is 22.5. The zero-order valence-electron chi connectivity index (χ0n) is 21.6. The smallest absolute Gasteiger partial charge is 0.326 e. The Morgan fingerprint density at radius 2 is 1.33 bits per heavy atom. The quantitative estimate of drug-likeness (QED) is 0.105. The molecule has 0 bridgehead atoms. The molecular formula is C27H37N5O6S. The van der Waals surface area contributed by atoms with Crippen LogP contribution < -0.4 is 27.4 Å². The molecule has 2 aromatic carbocycles. The number of aliphatic carboxylic acids is 1. The number of carboxylic acid groups (broad SMARTS) is 1. The summed E-state index contributed by atoms with van der Waals surface area (Å²) in [5.41, 5.74) is 13.1. The number of unbranched alkanes of at least 4 members (excludes halogenated alkanes) is 1. The second-order valence-corrected chi connectivity index (χ2v) is 9.52. The maximum absolute atomic E-state index is 13.3. The van der Waals surface area contributed by atoms with Crippen LogP contribution in [0.2, 0.25) is 0 Å². The third-order valence-electron chi connectivity index (χ3n) is 6.02. The van der Waals surface area contributed by atoms with E-state index in [1.54, 1.807) is 12.1 Å². The van der Waals surface area contributed by atoms with Gasteiger partial charge in [-0.3, -0.25) is 14.4 Å². The van der Waals surface area contributed by atoms with Crippen molar-refractivity contribution in [2.75, 3.05) is 12.3 Å². The Balaban J connectivity index is 2.13. The van der Waals surface area contributed by atoms with Crippen molar-refractivity contribution in [2.24, 2.45) is 11.5 Å². The van der Waals surface area contributed by atoms with Crippen LogP contribution >= 0.6 is 12.6 Å². The number of phenolic OH excluding ortho intramolecular Hbond substituents is 1. The molecule has 12 heteroatoms. The number of nitrogens with two attached hydrogens (primary N) is 2. The van der Waals surface area contributed by atoms with Gasteiger partial charge in [-0.25, -0.2) is 4.79 Å². The normalized spacial score (nSPS) is 13.9. The van der Waals surface area contributed by atoms with Crippen molar-refractivity contribution in [1.29, 1.82) is 0 Å². The lowest BCUT2D eigenvalue weighted by atomic mass is 10.0. The first-order valence-electron chi connectivity index (χ1n) is 12.7. The summed E-state index contributed by atoms with van der Waals surface area (Å²) in [7, 11) is 0. The van der Waals surface area contributed by atoms with Crippen LogP contribution in [0.25, 0.3) is 0 Å². The average molecular weight is 560 g/mol. The van der Waals surface area contributed by atoms with Gasteiger partial charge in [-0.05, 0) is 55.5 Å². The van der Waals surface area contributed by atoms with E-state index in [9.17, 15) is 29.4 Å². The number of carbonyl (C=O) groups excluding carboxylic acids is 3. The van der Waals surface area contributed by atoms with E-state index in [1.165, 1.54) is 12.1 Å². The lowest BCUT2D eigenvalue weighted by Gasteiger charge is -2.24. The Labute approximate surface area is 233 Å². The van der Waals surface area contributed by atoms with E-state index >= 15 is 0 Å². The number of phenols is 1. The molecule has 0 fully saturated rings. The lowest BCUT2D eigenvalue weighted by molar-refractivity contribution is -0.142. The van der Waals surface area contributed by atoms with Crippen molar-refractivity contribution in [3.05, 3.63) is 65.7 Å². The number of hydrogen-bond acceptors (Lipinski definition) is 8. The van der Waals surface area contributed by atoms with Gasteiger partial charge in [0.25, 0.3) is 0 Å². The van der Waals surface area contributed by atoms with Crippen molar-refractivity contribution < 1.29 is 29.4 Å². The monoisotopic (exact) mass is 559 g/mol. The van der Waals surface area contributed by atoms with Crippen LogP contribution in [0.1, 0.15) is 30.4 Å². The van der Waals surface area contributed by atoms with Crippen LogP contribution in [0.3, 0.4) is 0 Å². The first kappa shape index (κ1) is 31.6. The summed E-state index contributed by atoms with van der Waals surface area (Å²) in [6.45, 7) is 0.402. The van der Waals surface area contributed by atoms with Gasteiger partial charge in [-0.15, -0.1) is 0 Å². The zero-order chi connectivity index (χ0) is 28.8. The fourth-order valence-electron chi connectivity index (χ4n) is 3.81. The lowest BCUT2D eigenvalue weighted by Crippen LogP contribution is -2.58. The van der Waals surface area contributed by atoms with Gasteiger partial charge in [0, 0.05) is 12.2 Å². The molecule has 0 aliphatic heterocycles. The molecule has 0 radical (unpaired) electrons. The molecule has 4 atom stereocenters. The van der Waals surface area contributed by atoms with E-state index < -0.39 is 47.9 Å². The third-order valence-corrected chi connectivity index (χ3v) is 6.39. The van der Waals surface area contributed by atoms with Crippen LogP contribution in [0.5, 0.6) is 5.75 Å². The molecule has 0 heterocycles. The Morgan fingerprint density at radius 1 is 0.769 bits per heavy atom. The molecule has 39 heavy (non-hydrogen) atoms. The van der Waals surface area contributed by atoms with E-state index in [0.717, 1.165) is 5.56 Å². The van der Waals surface area contributed by atoms with E-state index in [2.05, 4.69) is 28.6 Å². The highest BCUT2D eigenvalue weighted by Gasteiger charge is 2.30. The highest BCUT2D eigenvalue weighted by molar-refractivity contribution is 7.80. The Morgan fingerprint density at radius 3 is 1.92 bits per heavy atom. The molecule has 2 aromatic rings. The maximum atomic E-state index is 13.3. The topological polar surface area (TPSA) is 197 Å². The van der Waals surface area contributed by atoms with Gasteiger partial charge < -0.3 is 37.6 Å². The summed E-state index contributed by atoms with van der Waals surface area (Å²) in [6.07, 6.45) is 1.60. The standard InChI is InChI=1S/C27H37N5O6S/c28-13-5-4-8-21(27(37)38)30-26(36)23(16-39)32-25(35)22(15-18-9-11-19(33)12-10-18)31-24(34)20(29)14-17-6-2-1-3-7-17/h1-3,6-7,9-12,20-23,33,39H,4-5,8,13-16,28-29H2,(H,30,36)(H,31,34)(H,32,35)(H,37,38). The third kappa shape index (κ3) is 11.0. The van der Waals surface area contributed by atoms with E-state index in [1.807, 2.05) is 30.3 Å². The number of rotatable bonds is 16. The average Bonchev–Trinajstić information content (AvgIpc) is 2.92. The molecule has 212 valence electrons. The van der Waals surface area contributed by atoms with Gasteiger partial charge in [-0.1, -0.05) is 42.5 Å². The van der Waals surface area contributed by atoms with Crippen molar-refractivity contribution in [3.8, 4) is 5.75 Å². The predicted molar refractivity (Wildman–Crippen MR) is 150 cm³/mol. The van der Waals surface area contributed by atoms with Crippen molar-refractivity contribution >= 4 is 36.3 Å². The fourth-order valence-corrected chi connectivity index (χ4v) is 4.06. The van der Waals surface area contributed by atoms with Crippen LogP contribution in [0.15, 0.2) is 54.6 Å². The molecule has 0 saturated carbocycles. The number of aromatic hydroxyl groups is 1. The predicted octanol–water partition coefficient (Wildman–Crippen LogP) is 0.103. The highest BCUT2D eigenvalue weighted by Crippen LogP contribution is 2.12. The fraction of sp³-hybridized carbons (Fsp3) is 0.407. The summed E-state index contributed by atoms with van der Waals surface area (Å²) in [5.74, 6) is -3.22. The molecule has 0 aliphatic rings. The van der Waals surface area contributed by atoms with Gasteiger partial charge >= 0.3 is 5.97 Å². The molecule has 9 N–H and O–H groups in total. The molecule has 0 saturated heterocycles. The molecule has 3 amide bonds. The summed E-state index contributed by atoms with van der Waals surface area (Å²) in [6, 6.07) is 10.9. The van der Waals surface area contributed by atoms with Crippen molar-refractivity contribution in [1.82, 2.24) is 16.0 Å². The number of benzene rings is 2. The first-order chi connectivity index (χ1) is 18.6. The SMILES string of the molecule is NCCCCC(NC(=O)C(CS)NC(=O)C(Cc1ccc(O)cc1)NC(=O)C(N)Cc1ccccc1)C(=O)O. The van der Waals surface area contributed by atoms with Crippen LogP contribution in [-0.4, -0.2) is 70.4 Å². The molecule has 0 aromatic heterocycles. The van der Waals surface area contributed by atoms with Crippen molar-refractivity contribution in [3.63, 3.8) is 0 Å². The summed E-state index contributed by atoms with van der Waals surface area (Å²) in [4.78, 5) is 50.6. The number of hydrogen-bond donors (Lipinski definition) is 8. The summed E-state index contributed by atoms with van der Waals surface area (Å²) >= 11 is 4.15. The summed E-state index contributed by atoms with van der Waals surface area (Å²) < 4.78 is 0. The first-order valence-corrected chi connectivity index (χ1v) is 13.3. The van der Waals surface area contributed by atoms with Gasteiger partial charge in [0.15, 0.2) is 0 Å². The molecule has 11 nitrogen and oxygen atoms in total. The van der Waals surface area contributed by atoms with Crippen LogP contribution in [-0.2, 0) is 32.0 Å². The largest absolute Gasteiger partial charge is 0.508 e. The molecule has 2 rings (SSSR count). The Bertz CT molecular complexity index is 1090. The van der Waals surface area contributed by atoms with Gasteiger partial charge in [-0.2, -0.15) is 12.6 Å². The minimum atomic E-state index is -1.20. The van der Waals surface area contributed by atoms with Gasteiger partial charge in [0.2, 0.25) is 17.7 Å². The number of carbonyl (C=O) groups is 4. The Hall–Kier alpha value is -3.61. The minimum Gasteiger partial charge on any atom is -0.508 e. The van der Waals surface area contributed by atoms with E-state index in [0.29, 0.717) is 24.9 Å². The molecule has 4 unspecified atom stereocenters. The maximum Gasteiger partial charge on any atom is 0.326 e. The number of carboxylic acids is 1. The number of amides is 3. The highest BCUT2D eigenvalue weighted by atomic mass is 32.1. The number of thiol groups is 1. The summed E-state index contributed by atoms with van der Waals surface area (Å²) in [5, 5.41) is 26.7. The molecular weight excluding hydrogens is 522 g/mol. The Kier molecular flexibility index (Phi) is 13.3. The van der Waals surface area contributed by atoms with Gasteiger partial charge in [0.05, 0.1) is 6.04 Å². The minimum absolute atomic E-state index is 0.0416. The van der Waals surface area contributed by atoms with Crippen LogP contribution in [0.4, 0.5) is 0 Å².